The number of aromatic nitrogens is 1. The standard InChI is InChI=1S/C10H13ClN4/c1-2-13-5-6-15-10-9(11)8(7-12)3-4-14-10/h3-4,13H,2,5-6H2,1H3,(H,14,15). The molecule has 1 rings (SSSR count). The molecule has 4 nitrogen and oxygen atoms in total. The van der Waals surface area contributed by atoms with Crippen LogP contribution in [-0.4, -0.2) is 24.6 Å². The molecule has 0 saturated carbocycles. The van der Waals surface area contributed by atoms with Gasteiger partial charge in [0.15, 0.2) is 0 Å². The van der Waals surface area contributed by atoms with Crippen molar-refractivity contribution >= 4 is 17.4 Å². The molecule has 15 heavy (non-hydrogen) atoms. The fraction of sp³-hybridized carbons (Fsp3) is 0.400. The molecule has 0 spiro atoms. The number of nitriles is 1. The zero-order valence-corrected chi connectivity index (χ0v) is 9.30. The summed E-state index contributed by atoms with van der Waals surface area (Å²) >= 11 is 5.95. The van der Waals surface area contributed by atoms with Gasteiger partial charge in [0.2, 0.25) is 0 Å². The van der Waals surface area contributed by atoms with Crippen molar-refractivity contribution in [3.8, 4) is 6.07 Å². The van der Waals surface area contributed by atoms with Gasteiger partial charge < -0.3 is 10.6 Å². The number of rotatable bonds is 5. The Kier molecular flexibility index (Phi) is 4.88. The van der Waals surface area contributed by atoms with Gasteiger partial charge in [-0.25, -0.2) is 4.98 Å². The molecule has 0 aromatic carbocycles. The average molecular weight is 225 g/mol. The Balaban J connectivity index is 2.58. The smallest absolute Gasteiger partial charge is 0.146 e. The van der Waals surface area contributed by atoms with Crippen LogP contribution in [0, 0.1) is 11.3 Å². The van der Waals surface area contributed by atoms with E-state index in [-0.39, 0.29) is 0 Å². The van der Waals surface area contributed by atoms with Gasteiger partial charge in [-0.3, -0.25) is 0 Å². The highest BCUT2D eigenvalue weighted by Gasteiger charge is 2.05. The second-order valence-electron chi connectivity index (χ2n) is 2.91. The second kappa shape index (κ2) is 6.23. The Morgan fingerprint density at radius 1 is 1.53 bits per heavy atom. The number of pyridine rings is 1. The number of halogens is 1. The molecule has 80 valence electrons. The van der Waals surface area contributed by atoms with Crippen molar-refractivity contribution in [2.24, 2.45) is 0 Å². The van der Waals surface area contributed by atoms with Crippen molar-refractivity contribution in [1.29, 1.82) is 5.26 Å². The summed E-state index contributed by atoms with van der Waals surface area (Å²) in [5.41, 5.74) is 0.442. The molecule has 0 unspecified atom stereocenters. The molecule has 2 N–H and O–H groups in total. The lowest BCUT2D eigenvalue weighted by atomic mass is 10.3. The van der Waals surface area contributed by atoms with Crippen LogP contribution in [0.1, 0.15) is 12.5 Å². The number of hydrogen-bond acceptors (Lipinski definition) is 4. The Morgan fingerprint density at radius 3 is 3.00 bits per heavy atom. The first-order valence-corrected chi connectivity index (χ1v) is 5.16. The van der Waals surface area contributed by atoms with Gasteiger partial charge in [0.25, 0.3) is 0 Å². The Labute approximate surface area is 94.3 Å². The quantitative estimate of drug-likeness (QED) is 0.747. The van der Waals surface area contributed by atoms with Gasteiger partial charge in [-0.2, -0.15) is 5.26 Å². The summed E-state index contributed by atoms with van der Waals surface area (Å²) in [5.74, 6) is 0.564. The summed E-state index contributed by atoms with van der Waals surface area (Å²) in [6.45, 7) is 4.54. The fourth-order valence-electron chi connectivity index (χ4n) is 1.10. The van der Waals surface area contributed by atoms with E-state index in [0.717, 1.165) is 19.6 Å². The molecule has 0 atom stereocenters. The summed E-state index contributed by atoms with van der Waals surface area (Å²) in [4.78, 5) is 4.06. The minimum atomic E-state index is 0.386. The van der Waals surface area contributed by atoms with E-state index in [1.54, 1.807) is 12.3 Å². The molecule has 0 saturated heterocycles. The normalized spacial score (nSPS) is 9.67. The first-order chi connectivity index (χ1) is 7.29. The maximum absolute atomic E-state index is 8.75. The van der Waals surface area contributed by atoms with Crippen molar-refractivity contribution in [1.82, 2.24) is 10.3 Å². The molecule has 0 radical (unpaired) electrons. The minimum Gasteiger partial charge on any atom is -0.368 e. The van der Waals surface area contributed by atoms with E-state index < -0.39 is 0 Å². The molecule has 1 aromatic rings. The number of nitrogens with zero attached hydrogens (tertiary/aromatic N) is 2. The monoisotopic (exact) mass is 224 g/mol. The van der Waals surface area contributed by atoms with Gasteiger partial charge in [-0.15, -0.1) is 0 Å². The summed E-state index contributed by atoms with van der Waals surface area (Å²) in [6.07, 6.45) is 1.57. The van der Waals surface area contributed by atoms with E-state index in [1.807, 2.05) is 13.0 Å². The van der Waals surface area contributed by atoms with E-state index in [4.69, 9.17) is 16.9 Å². The molecule has 1 heterocycles. The van der Waals surface area contributed by atoms with Crippen LogP contribution in [0.15, 0.2) is 12.3 Å². The Hall–Kier alpha value is -1.31. The summed E-state index contributed by atoms with van der Waals surface area (Å²) < 4.78 is 0. The first kappa shape index (κ1) is 11.8. The second-order valence-corrected chi connectivity index (χ2v) is 3.29. The lowest BCUT2D eigenvalue weighted by molar-refractivity contribution is 0.738. The van der Waals surface area contributed by atoms with Crippen molar-refractivity contribution in [2.75, 3.05) is 25.0 Å². The van der Waals surface area contributed by atoms with Gasteiger partial charge >= 0.3 is 0 Å². The largest absolute Gasteiger partial charge is 0.368 e. The van der Waals surface area contributed by atoms with E-state index in [9.17, 15) is 0 Å². The lowest BCUT2D eigenvalue weighted by Gasteiger charge is -2.07. The van der Waals surface area contributed by atoms with Gasteiger partial charge in [0.05, 0.1) is 5.56 Å². The van der Waals surface area contributed by atoms with Crippen LogP contribution in [-0.2, 0) is 0 Å². The van der Waals surface area contributed by atoms with Crippen LogP contribution >= 0.6 is 11.6 Å². The van der Waals surface area contributed by atoms with Crippen LogP contribution in [0.2, 0.25) is 5.02 Å². The van der Waals surface area contributed by atoms with E-state index >= 15 is 0 Å². The van der Waals surface area contributed by atoms with Crippen molar-refractivity contribution < 1.29 is 0 Å². The molecule has 0 aliphatic heterocycles. The molecule has 5 heteroatoms. The van der Waals surface area contributed by atoms with E-state index in [0.29, 0.717) is 16.4 Å². The van der Waals surface area contributed by atoms with Gasteiger partial charge in [-0.05, 0) is 12.6 Å². The van der Waals surface area contributed by atoms with Crippen LogP contribution in [0.25, 0.3) is 0 Å². The zero-order chi connectivity index (χ0) is 11.1. The summed E-state index contributed by atoms with van der Waals surface area (Å²) in [7, 11) is 0. The van der Waals surface area contributed by atoms with Gasteiger partial charge in [-0.1, -0.05) is 18.5 Å². The summed E-state index contributed by atoms with van der Waals surface area (Å²) in [5, 5.41) is 15.4. The van der Waals surface area contributed by atoms with E-state index in [2.05, 4.69) is 15.6 Å². The van der Waals surface area contributed by atoms with Crippen LogP contribution in [0.4, 0.5) is 5.82 Å². The molecular weight excluding hydrogens is 212 g/mol. The molecule has 0 bridgehead atoms. The highest BCUT2D eigenvalue weighted by atomic mass is 35.5. The number of hydrogen-bond donors (Lipinski definition) is 2. The van der Waals surface area contributed by atoms with Gasteiger partial charge in [0, 0.05) is 19.3 Å². The van der Waals surface area contributed by atoms with Crippen LogP contribution in [0.5, 0.6) is 0 Å². The third-order valence-electron chi connectivity index (χ3n) is 1.85. The van der Waals surface area contributed by atoms with Crippen LogP contribution in [0.3, 0.4) is 0 Å². The first-order valence-electron chi connectivity index (χ1n) is 4.78. The average Bonchev–Trinajstić information content (AvgIpc) is 2.26. The molecule has 1 aromatic heterocycles. The number of anilines is 1. The summed E-state index contributed by atoms with van der Waals surface area (Å²) in [6, 6.07) is 3.60. The topological polar surface area (TPSA) is 60.7 Å². The van der Waals surface area contributed by atoms with Gasteiger partial charge in [0.1, 0.15) is 16.9 Å². The Morgan fingerprint density at radius 2 is 2.33 bits per heavy atom. The van der Waals surface area contributed by atoms with E-state index in [1.165, 1.54) is 0 Å². The van der Waals surface area contributed by atoms with Crippen molar-refractivity contribution in [3.05, 3.63) is 22.8 Å². The molecule has 0 aliphatic carbocycles. The Bertz CT molecular complexity index is 359. The molecule has 0 amide bonds. The predicted octanol–water partition coefficient (Wildman–Crippen LogP) is 1.63. The highest BCUT2D eigenvalue weighted by molar-refractivity contribution is 6.34. The van der Waals surface area contributed by atoms with Crippen molar-refractivity contribution in [2.45, 2.75) is 6.92 Å². The molecular formula is C10H13ClN4. The third-order valence-corrected chi connectivity index (χ3v) is 2.24. The number of likely N-dealkylation sites (N-methyl/N-ethyl adjacent to an activating group) is 1. The maximum Gasteiger partial charge on any atom is 0.146 e. The maximum atomic E-state index is 8.75. The third kappa shape index (κ3) is 3.39. The fourth-order valence-corrected chi connectivity index (χ4v) is 1.32. The van der Waals surface area contributed by atoms with Crippen LogP contribution < -0.4 is 10.6 Å². The highest BCUT2D eigenvalue weighted by Crippen LogP contribution is 2.22. The lowest BCUT2D eigenvalue weighted by Crippen LogP contribution is -2.22. The number of nitrogens with one attached hydrogen (secondary N) is 2. The SMILES string of the molecule is CCNCCNc1nccc(C#N)c1Cl. The zero-order valence-electron chi connectivity index (χ0n) is 8.55. The predicted molar refractivity (Wildman–Crippen MR) is 61.0 cm³/mol. The molecule has 0 fully saturated rings. The minimum absolute atomic E-state index is 0.386. The molecule has 0 aliphatic rings. The van der Waals surface area contributed by atoms with Crippen molar-refractivity contribution in [3.63, 3.8) is 0 Å².